The maximum Gasteiger partial charge on any atom is -1.00 e. The van der Waals surface area contributed by atoms with Gasteiger partial charge in [-0.3, -0.25) is 0 Å². The van der Waals surface area contributed by atoms with Crippen molar-refractivity contribution in [2.75, 3.05) is 0 Å². The average Bonchev–Trinajstić information content (AvgIpc) is 2.82. The fourth-order valence-corrected chi connectivity index (χ4v) is 4.90. The number of rotatable bonds is 2. The van der Waals surface area contributed by atoms with E-state index < -0.39 is 0 Å². The second kappa shape index (κ2) is 8.07. The van der Waals surface area contributed by atoms with E-state index in [0.717, 1.165) is 6.42 Å². The molecule has 24 heavy (non-hydrogen) atoms. The third-order valence-corrected chi connectivity index (χ3v) is 6.80. The summed E-state index contributed by atoms with van der Waals surface area (Å²) in [6.45, 7) is 13.8. The van der Waals surface area contributed by atoms with Crippen molar-refractivity contribution in [2.24, 2.45) is 0 Å². The Hall–Kier alpha value is -0.0969. The molecule has 0 aromatic heterocycles. The summed E-state index contributed by atoms with van der Waals surface area (Å²) in [5, 5.41) is 0. The van der Waals surface area contributed by atoms with Gasteiger partial charge in [0.15, 0.2) is 0 Å². The van der Waals surface area contributed by atoms with Gasteiger partial charge in [0.25, 0.3) is 0 Å². The molecule has 2 aromatic carbocycles. The predicted octanol–water partition coefficient (Wildman–Crippen LogP) is -0.698. The van der Waals surface area contributed by atoms with Crippen molar-refractivity contribution in [1.29, 1.82) is 0 Å². The standard InChI is InChI=1S/C21H25.2ClH.Zr/c1-12(2)16-7-14(5)18-11-19-15(6)8-17(13(3)4)10-21(19)20(18)9-16;;;/h7,9-10,12-13H,11H2,1-6H3;2*1H;/q;;;+2/p-2. The summed E-state index contributed by atoms with van der Waals surface area (Å²) >= 11 is 1.55. The molecule has 0 radical (unpaired) electrons. The smallest absolute Gasteiger partial charge is 1.00 e. The van der Waals surface area contributed by atoms with Crippen molar-refractivity contribution in [3.05, 3.63) is 51.6 Å². The van der Waals surface area contributed by atoms with Crippen LogP contribution in [0.15, 0.2) is 18.2 Å². The predicted molar refractivity (Wildman–Crippen MR) is 92.0 cm³/mol. The van der Waals surface area contributed by atoms with Crippen LogP contribution >= 0.6 is 0 Å². The monoisotopic (exact) mass is 437 g/mol. The molecule has 1 aliphatic rings. The van der Waals surface area contributed by atoms with Gasteiger partial charge in [-0.15, -0.1) is 0 Å². The number of aryl methyl sites for hydroxylation is 1. The molecule has 0 aliphatic heterocycles. The molecule has 0 spiro atoms. The molecule has 0 heterocycles. The van der Waals surface area contributed by atoms with E-state index in [-0.39, 0.29) is 24.8 Å². The zero-order valence-corrected chi connectivity index (χ0v) is 19.3. The van der Waals surface area contributed by atoms with E-state index in [2.05, 4.69) is 59.7 Å². The Kier molecular flexibility index (Phi) is 7.38. The molecule has 0 atom stereocenters. The number of fused-ring (bicyclic) bond motifs is 3. The number of halogens is 2. The Morgan fingerprint density at radius 1 is 0.833 bits per heavy atom. The molecule has 1 aliphatic carbocycles. The van der Waals surface area contributed by atoms with Crippen LogP contribution in [0, 0.1) is 13.8 Å². The molecule has 0 bridgehead atoms. The summed E-state index contributed by atoms with van der Waals surface area (Å²) in [7, 11) is 0. The van der Waals surface area contributed by atoms with Crippen LogP contribution in [0.2, 0.25) is 0 Å². The Morgan fingerprint density at radius 2 is 1.42 bits per heavy atom. The second-order valence-electron chi connectivity index (χ2n) is 7.34. The van der Waals surface area contributed by atoms with Crippen molar-refractivity contribution in [2.45, 2.75) is 59.8 Å². The van der Waals surface area contributed by atoms with Crippen LogP contribution in [0.5, 0.6) is 0 Å². The van der Waals surface area contributed by atoms with Crippen LogP contribution < -0.4 is 28.1 Å². The molecule has 0 saturated carbocycles. The van der Waals surface area contributed by atoms with E-state index in [1.807, 2.05) is 0 Å². The van der Waals surface area contributed by atoms with E-state index in [9.17, 15) is 0 Å². The van der Waals surface area contributed by atoms with Gasteiger partial charge < -0.3 is 24.8 Å². The summed E-state index contributed by atoms with van der Waals surface area (Å²) < 4.78 is 1.58. The molecule has 2 aromatic rings. The van der Waals surface area contributed by atoms with Gasteiger partial charge in [0.1, 0.15) is 0 Å². The third-order valence-electron chi connectivity index (χ3n) is 5.17. The summed E-state index contributed by atoms with van der Waals surface area (Å²) in [6.07, 6.45) is 1.13. The molecule has 0 nitrogen and oxygen atoms in total. The van der Waals surface area contributed by atoms with Gasteiger partial charge in [0, 0.05) is 0 Å². The Labute approximate surface area is 174 Å². The first-order valence-electron chi connectivity index (χ1n) is 8.33. The van der Waals surface area contributed by atoms with Gasteiger partial charge in [-0.2, -0.15) is 0 Å². The SMILES string of the molecule is Cc1cc(C(C)C)cc2c1Cc1c-2cc(C(C)C)[c]([Zr+2])c1C.[Cl-].[Cl-]. The Morgan fingerprint density at radius 3 is 1.96 bits per heavy atom. The molecule has 0 saturated heterocycles. The summed E-state index contributed by atoms with van der Waals surface area (Å²) in [4.78, 5) is 0. The molecular formula is C21H25Cl2Zr. The molecule has 0 amide bonds. The van der Waals surface area contributed by atoms with Gasteiger partial charge in [0.2, 0.25) is 0 Å². The topological polar surface area (TPSA) is 0 Å². The van der Waals surface area contributed by atoms with E-state index in [4.69, 9.17) is 0 Å². The van der Waals surface area contributed by atoms with Crippen LogP contribution in [0.4, 0.5) is 0 Å². The van der Waals surface area contributed by atoms with E-state index in [1.54, 1.807) is 50.2 Å². The van der Waals surface area contributed by atoms with E-state index in [1.165, 1.54) is 22.3 Å². The molecule has 0 fully saturated rings. The average molecular weight is 440 g/mol. The van der Waals surface area contributed by atoms with Crippen molar-refractivity contribution in [3.63, 3.8) is 0 Å². The first kappa shape index (κ1) is 21.9. The Bertz CT molecular complexity index is 761. The van der Waals surface area contributed by atoms with Crippen molar-refractivity contribution in [3.8, 4) is 11.1 Å². The van der Waals surface area contributed by atoms with Gasteiger partial charge >= 0.3 is 150 Å². The molecule has 0 N–H and O–H groups in total. The van der Waals surface area contributed by atoms with Crippen molar-refractivity contribution >= 4 is 3.27 Å². The fraction of sp³-hybridized carbons (Fsp3) is 0.429. The fourth-order valence-electron chi connectivity index (χ4n) is 3.64. The van der Waals surface area contributed by atoms with Crippen LogP contribution in [-0.2, 0) is 31.1 Å². The maximum atomic E-state index is 2.49. The zero-order valence-electron chi connectivity index (χ0n) is 15.3. The number of hydrogen-bond acceptors (Lipinski definition) is 0. The first-order valence-corrected chi connectivity index (χ1v) is 9.55. The number of benzene rings is 2. The normalized spacial score (nSPS) is 11.9. The minimum Gasteiger partial charge on any atom is -1.00 e. The third kappa shape index (κ3) is 3.55. The second-order valence-corrected chi connectivity index (χ2v) is 8.57. The number of hydrogen-bond donors (Lipinski definition) is 0. The molecule has 127 valence electrons. The minimum absolute atomic E-state index is 0. The van der Waals surface area contributed by atoms with Crippen molar-refractivity contribution in [1.82, 2.24) is 0 Å². The van der Waals surface area contributed by atoms with Crippen LogP contribution in [-0.4, -0.2) is 0 Å². The molecule has 3 heteroatoms. The Balaban J connectivity index is 0.00000144. The van der Waals surface area contributed by atoms with Gasteiger partial charge in [-0.05, 0) is 0 Å². The van der Waals surface area contributed by atoms with Gasteiger partial charge in [-0.1, -0.05) is 0 Å². The summed E-state index contributed by atoms with van der Waals surface area (Å²) in [6, 6.07) is 7.34. The largest absolute Gasteiger partial charge is 1.00 e. The van der Waals surface area contributed by atoms with Gasteiger partial charge in [0.05, 0.1) is 0 Å². The van der Waals surface area contributed by atoms with E-state index in [0.29, 0.717) is 11.8 Å². The summed E-state index contributed by atoms with van der Waals surface area (Å²) in [5.74, 6) is 1.20. The van der Waals surface area contributed by atoms with Gasteiger partial charge in [-0.25, -0.2) is 0 Å². The molecule has 3 rings (SSSR count). The molecular weight excluding hydrogens is 414 g/mol. The van der Waals surface area contributed by atoms with Crippen molar-refractivity contribution < 1.29 is 49.5 Å². The minimum atomic E-state index is 0. The molecule has 0 unspecified atom stereocenters. The zero-order chi connectivity index (χ0) is 16.2. The van der Waals surface area contributed by atoms with E-state index >= 15 is 0 Å². The summed E-state index contributed by atoms with van der Waals surface area (Å²) in [5.41, 5.74) is 12.2. The van der Waals surface area contributed by atoms with Crippen LogP contribution in [0.1, 0.15) is 72.9 Å². The van der Waals surface area contributed by atoms with Crippen LogP contribution in [0.3, 0.4) is 0 Å². The quantitative estimate of drug-likeness (QED) is 0.496. The maximum absolute atomic E-state index is 2.49. The first-order chi connectivity index (χ1) is 10.3. The van der Waals surface area contributed by atoms with Crippen LogP contribution in [0.25, 0.3) is 11.1 Å².